The van der Waals surface area contributed by atoms with E-state index in [4.69, 9.17) is 4.74 Å². The number of ether oxygens (including phenoxy) is 1. The predicted molar refractivity (Wildman–Crippen MR) is 85.1 cm³/mol. The maximum atomic E-state index is 12.3. The number of benzene rings is 2. The van der Waals surface area contributed by atoms with Gasteiger partial charge in [0.15, 0.2) is 0 Å². The first-order valence-electron chi connectivity index (χ1n) is 6.20. The Morgan fingerprint density at radius 3 is 2.52 bits per heavy atom. The monoisotopic (exact) mass is 341 g/mol. The van der Waals surface area contributed by atoms with Crippen LogP contribution in [0.5, 0.6) is 5.75 Å². The quantitative estimate of drug-likeness (QED) is 0.474. The average molecular weight is 342 g/mol. The van der Waals surface area contributed by atoms with Gasteiger partial charge in [0.1, 0.15) is 17.4 Å². The van der Waals surface area contributed by atoms with Crippen molar-refractivity contribution < 1.29 is 9.53 Å². The molecule has 0 unspecified atom stereocenters. The molecule has 0 aliphatic heterocycles. The zero-order valence-electron chi connectivity index (χ0n) is 11.3. The lowest BCUT2D eigenvalue weighted by Crippen LogP contribution is -2.01. The molecule has 2 rings (SSSR count). The highest BCUT2D eigenvalue weighted by molar-refractivity contribution is 9.10. The van der Waals surface area contributed by atoms with Crippen molar-refractivity contribution in [1.82, 2.24) is 0 Å². The zero-order chi connectivity index (χ0) is 15.2. The van der Waals surface area contributed by atoms with Gasteiger partial charge in [-0.25, -0.2) is 0 Å². The molecule has 0 aromatic heterocycles. The maximum Gasteiger partial charge on any atom is 0.203 e. The molecule has 0 aliphatic rings. The smallest absolute Gasteiger partial charge is 0.203 e. The molecule has 0 spiro atoms. The molecule has 21 heavy (non-hydrogen) atoms. The van der Waals surface area contributed by atoms with E-state index in [2.05, 4.69) is 15.9 Å². The van der Waals surface area contributed by atoms with E-state index in [-0.39, 0.29) is 11.4 Å². The van der Waals surface area contributed by atoms with Crippen LogP contribution < -0.4 is 4.74 Å². The third kappa shape index (κ3) is 3.80. The highest BCUT2D eigenvalue weighted by Crippen LogP contribution is 2.18. The van der Waals surface area contributed by atoms with Crippen LogP contribution in [-0.4, -0.2) is 12.9 Å². The number of ketones is 1. The first-order valence-corrected chi connectivity index (χ1v) is 6.99. The van der Waals surface area contributed by atoms with Gasteiger partial charge < -0.3 is 4.74 Å². The van der Waals surface area contributed by atoms with Gasteiger partial charge in [0.2, 0.25) is 5.78 Å². The third-order valence-electron chi connectivity index (χ3n) is 2.88. The molecule has 2 aromatic carbocycles. The Labute approximate surface area is 131 Å². The Hall–Kier alpha value is -2.38. The summed E-state index contributed by atoms with van der Waals surface area (Å²) in [5.74, 6) is 0.362. The van der Waals surface area contributed by atoms with Crippen molar-refractivity contribution in [2.75, 3.05) is 7.11 Å². The number of Topliss-reactive ketones (excluding diaryl/α,β-unsaturated/α-hetero) is 1. The highest BCUT2D eigenvalue weighted by Gasteiger charge is 2.12. The van der Waals surface area contributed by atoms with Gasteiger partial charge in [-0.15, -0.1) is 0 Å². The molecule has 2 aromatic rings. The fraction of sp³-hybridized carbons (Fsp3) is 0.0588. The van der Waals surface area contributed by atoms with E-state index in [0.717, 1.165) is 10.0 Å². The van der Waals surface area contributed by atoms with E-state index in [1.165, 1.54) is 0 Å². The van der Waals surface area contributed by atoms with Gasteiger partial charge in [-0.1, -0.05) is 28.1 Å². The molecule has 0 radical (unpaired) electrons. The lowest BCUT2D eigenvalue weighted by Gasteiger charge is -2.02. The second-order valence-corrected chi connectivity index (χ2v) is 5.20. The molecule has 4 heteroatoms. The SMILES string of the molecule is COc1ccc(C(=O)/C(C#N)=C/c2cccc(Br)c2)cc1. The summed E-state index contributed by atoms with van der Waals surface area (Å²) >= 11 is 3.36. The minimum absolute atomic E-state index is 0.0956. The van der Waals surface area contributed by atoms with Gasteiger partial charge in [-0.3, -0.25) is 4.79 Å². The molecular weight excluding hydrogens is 330 g/mol. The van der Waals surface area contributed by atoms with Gasteiger partial charge in [-0.2, -0.15) is 5.26 Å². The molecule has 0 heterocycles. The van der Waals surface area contributed by atoms with Crippen molar-refractivity contribution in [3.05, 3.63) is 69.7 Å². The van der Waals surface area contributed by atoms with Crippen LogP contribution in [0.2, 0.25) is 0 Å². The molecule has 0 atom stereocenters. The Morgan fingerprint density at radius 1 is 1.24 bits per heavy atom. The van der Waals surface area contributed by atoms with Crippen LogP contribution in [0.1, 0.15) is 15.9 Å². The van der Waals surface area contributed by atoms with E-state index < -0.39 is 0 Å². The van der Waals surface area contributed by atoms with Crippen molar-refractivity contribution in [3.8, 4) is 11.8 Å². The highest BCUT2D eigenvalue weighted by atomic mass is 79.9. The van der Waals surface area contributed by atoms with Crippen LogP contribution in [0, 0.1) is 11.3 Å². The number of methoxy groups -OCH3 is 1. The molecule has 0 fully saturated rings. The van der Waals surface area contributed by atoms with Gasteiger partial charge in [0, 0.05) is 10.0 Å². The van der Waals surface area contributed by atoms with Gasteiger partial charge >= 0.3 is 0 Å². The number of allylic oxidation sites excluding steroid dienone is 1. The van der Waals surface area contributed by atoms with Crippen molar-refractivity contribution in [3.63, 3.8) is 0 Å². The summed E-state index contributed by atoms with van der Waals surface area (Å²) in [6, 6.07) is 16.1. The summed E-state index contributed by atoms with van der Waals surface area (Å²) in [5, 5.41) is 9.21. The van der Waals surface area contributed by atoms with E-state index in [9.17, 15) is 10.1 Å². The van der Waals surface area contributed by atoms with Gasteiger partial charge in [0.25, 0.3) is 0 Å². The van der Waals surface area contributed by atoms with Crippen LogP contribution >= 0.6 is 15.9 Å². The lowest BCUT2D eigenvalue weighted by atomic mass is 10.0. The molecule has 0 amide bonds. The molecule has 0 bridgehead atoms. The number of nitriles is 1. The van der Waals surface area contributed by atoms with Crippen LogP contribution in [0.25, 0.3) is 6.08 Å². The second-order valence-electron chi connectivity index (χ2n) is 4.28. The lowest BCUT2D eigenvalue weighted by molar-refractivity contribution is 0.104. The van der Waals surface area contributed by atoms with Crippen molar-refractivity contribution in [2.45, 2.75) is 0 Å². The van der Waals surface area contributed by atoms with Crippen LogP contribution in [0.15, 0.2) is 58.6 Å². The zero-order valence-corrected chi connectivity index (χ0v) is 12.9. The summed E-state index contributed by atoms with van der Waals surface area (Å²) in [6.07, 6.45) is 1.58. The fourth-order valence-corrected chi connectivity index (χ4v) is 2.23. The van der Waals surface area contributed by atoms with E-state index >= 15 is 0 Å². The summed E-state index contributed by atoms with van der Waals surface area (Å²) in [5.41, 5.74) is 1.35. The minimum Gasteiger partial charge on any atom is -0.497 e. The maximum absolute atomic E-state index is 12.3. The van der Waals surface area contributed by atoms with Crippen LogP contribution in [0.3, 0.4) is 0 Å². The Kier molecular flexibility index (Phi) is 4.91. The minimum atomic E-state index is -0.305. The molecule has 3 nitrogen and oxygen atoms in total. The number of rotatable bonds is 4. The molecular formula is C17H12BrNO2. The average Bonchev–Trinajstić information content (AvgIpc) is 2.52. The number of hydrogen-bond donors (Lipinski definition) is 0. The topological polar surface area (TPSA) is 50.1 Å². The number of halogens is 1. The third-order valence-corrected chi connectivity index (χ3v) is 3.37. The fourth-order valence-electron chi connectivity index (χ4n) is 1.81. The Bertz CT molecular complexity index is 727. The van der Waals surface area contributed by atoms with Crippen molar-refractivity contribution in [2.24, 2.45) is 0 Å². The summed E-state index contributed by atoms with van der Waals surface area (Å²) < 4.78 is 5.94. The first kappa shape index (κ1) is 15.0. The normalized spacial score (nSPS) is 10.8. The molecule has 0 aliphatic carbocycles. The largest absolute Gasteiger partial charge is 0.497 e. The summed E-state index contributed by atoms with van der Waals surface area (Å²) in [4.78, 5) is 12.3. The molecule has 104 valence electrons. The first-order chi connectivity index (χ1) is 10.1. The van der Waals surface area contributed by atoms with E-state index in [1.54, 1.807) is 37.5 Å². The molecule has 0 saturated carbocycles. The Balaban J connectivity index is 2.32. The van der Waals surface area contributed by atoms with Gasteiger partial charge in [0.05, 0.1) is 7.11 Å². The van der Waals surface area contributed by atoms with E-state index in [0.29, 0.717) is 11.3 Å². The summed E-state index contributed by atoms with van der Waals surface area (Å²) in [7, 11) is 1.56. The molecule has 0 saturated heterocycles. The second kappa shape index (κ2) is 6.87. The Morgan fingerprint density at radius 2 is 1.95 bits per heavy atom. The van der Waals surface area contributed by atoms with Crippen molar-refractivity contribution >= 4 is 27.8 Å². The van der Waals surface area contributed by atoms with Gasteiger partial charge in [-0.05, 0) is 48.0 Å². The van der Waals surface area contributed by atoms with E-state index in [1.807, 2.05) is 30.3 Å². The summed E-state index contributed by atoms with van der Waals surface area (Å²) in [6.45, 7) is 0. The predicted octanol–water partition coefficient (Wildman–Crippen LogP) is 4.25. The van der Waals surface area contributed by atoms with Crippen LogP contribution in [-0.2, 0) is 0 Å². The van der Waals surface area contributed by atoms with Crippen LogP contribution in [0.4, 0.5) is 0 Å². The number of nitrogens with zero attached hydrogens (tertiary/aromatic N) is 1. The van der Waals surface area contributed by atoms with Crippen molar-refractivity contribution in [1.29, 1.82) is 5.26 Å². The molecule has 0 N–H and O–H groups in total. The number of carbonyl (C=O) groups excluding carboxylic acids is 1. The standard InChI is InChI=1S/C17H12BrNO2/c1-21-16-7-5-13(6-8-16)17(20)14(11-19)9-12-3-2-4-15(18)10-12/h2-10H,1H3/b14-9+. The number of hydrogen-bond acceptors (Lipinski definition) is 3. The number of carbonyl (C=O) groups is 1.